The Morgan fingerprint density at radius 1 is 1.05 bits per heavy atom. The van der Waals surface area contributed by atoms with Gasteiger partial charge in [-0.05, 0) is 36.4 Å². The summed E-state index contributed by atoms with van der Waals surface area (Å²) < 4.78 is 0. The minimum absolute atomic E-state index is 0.0317. The third-order valence-electron chi connectivity index (χ3n) is 2.76. The Labute approximate surface area is 121 Å². The second-order valence-corrected chi connectivity index (χ2v) is 4.37. The number of nitrogens with one attached hydrogen (secondary N) is 2. The highest BCUT2D eigenvalue weighted by atomic mass is 16.3. The molecule has 21 heavy (non-hydrogen) atoms. The second kappa shape index (κ2) is 6.42. The fourth-order valence-corrected chi connectivity index (χ4v) is 1.67. The quantitative estimate of drug-likeness (QED) is 0.502. The molecule has 2 aromatic carbocycles. The van der Waals surface area contributed by atoms with E-state index in [1.54, 1.807) is 42.5 Å². The van der Waals surface area contributed by atoms with Gasteiger partial charge in [-0.25, -0.2) is 0 Å². The summed E-state index contributed by atoms with van der Waals surface area (Å²) in [5, 5.41) is 14.5. The van der Waals surface area contributed by atoms with Crippen LogP contribution in [0.4, 0.5) is 11.4 Å². The van der Waals surface area contributed by atoms with Crippen LogP contribution in [0.5, 0.6) is 5.75 Å². The first-order valence-corrected chi connectivity index (χ1v) is 6.28. The first kappa shape index (κ1) is 14.4. The van der Waals surface area contributed by atoms with Crippen LogP contribution in [0.15, 0.2) is 48.5 Å². The molecule has 0 saturated heterocycles. The van der Waals surface area contributed by atoms with Crippen molar-refractivity contribution in [2.24, 2.45) is 0 Å². The molecular weight excluding hydrogens is 270 g/mol. The van der Waals surface area contributed by atoms with Crippen molar-refractivity contribution >= 4 is 23.2 Å². The van der Waals surface area contributed by atoms with E-state index in [0.717, 1.165) is 0 Å². The Balaban J connectivity index is 1.88. The van der Waals surface area contributed by atoms with E-state index in [1.165, 1.54) is 6.07 Å². The Hall–Kier alpha value is -3.02. The molecule has 0 unspecified atom stereocenters. The van der Waals surface area contributed by atoms with E-state index in [4.69, 9.17) is 5.73 Å². The SMILES string of the molecule is Nc1ccc(C(=O)NCC(=O)Nc2ccccc2O)cc1. The third kappa shape index (κ3) is 3.97. The molecule has 0 saturated carbocycles. The smallest absolute Gasteiger partial charge is 0.251 e. The van der Waals surface area contributed by atoms with E-state index >= 15 is 0 Å². The van der Waals surface area contributed by atoms with Gasteiger partial charge in [0, 0.05) is 11.3 Å². The van der Waals surface area contributed by atoms with Gasteiger partial charge >= 0.3 is 0 Å². The molecule has 2 amide bonds. The standard InChI is InChI=1S/C15H15N3O3/c16-11-7-5-10(6-8-11)15(21)17-9-14(20)18-12-3-1-2-4-13(12)19/h1-8,19H,9,16H2,(H,17,21)(H,18,20). The number of rotatable bonds is 4. The molecule has 2 aromatic rings. The van der Waals surface area contributed by atoms with Gasteiger partial charge in [0.1, 0.15) is 5.75 Å². The summed E-state index contributed by atoms with van der Waals surface area (Å²) in [7, 11) is 0. The van der Waals surface area contributed by atoms with Crippen molar-refractivity contribution in [1.29, 1.82) is 0 Å². The van der Waals surface area contributed by atoms with Gasteiger partial charge in [-0.15, -0.1) is 0 Å². The molecule has 0 aliphatic carbocycles. The molecule has 0 radical (unpaired) electrons. The highest BCUT2D eigenvalue weighted by Crippen LogP contribution is 2.20. The topological polar surface area (TPSA) is 104 Å². The molecule has 6 nitrogen and oxygen atoms in total. The molecule has 0 aliphatic rings. The number of phenols is 1. The number of hydrogen-bond acceptors (Lipinski definition) is 4. The summed E-state index contributed by atoms with van der Waals surface area (Å²) >= 11 is 0. The fraction of sp³-hybridized carbons (Fsp3) is 0.0667. The van der Waals surface area contributed by atoms with E-state index in [0.29, 0.717) is 16.9 Å². The molecule has 2 rings (SSSR count). The van der Waals surface area contributed by atoms with Crippen LogP contribution in [0.1, 0.15) is 10.4 Å². The summed E-state index contributed by atoms with van der Waals surface area (Å²) in [4.78, 5) is 23.5. The third-order valence-corrected chi connectivity index (χ3v) is 2.76. The van der Waals surface area contributed by atoms with Gasteiger partial charge in [0.2, 0.25) is 5.91 Å². The highest BCUT2D eigenvalue weighted by Gasteiger charge is 2.09. The lowest BCUT2D eigenvalue weighted by atomic mass is 10.2. The Bertz CT molecular complexity index is 653. The lowest BCUT2D eigenvalue weighted by Gasteiger charge is -2.08. The second-order valence-electron chi connectivity index (χ2n) is 4.37. The van der Waals surface area contributed by atoms with Crippen molar-refractivity contribution in [3.8, 4) is 5.75 Å². The van der Waals surface area contributed by atoms with Crippen LogP contribution in [0.25, 0.3) is 0 Å². The van der Waals surface area contributed by atoms with E-state index in [2.05, 4.69) is 10.6 Å². The van der Waals surface area contributed by atoms with Gasteiger partial charge < -0.3 is 21.5 Å². The maximum atomic E-state index is 11.8. The monoisotopic (exact) mass is 285 g/mol. The number of nitrogens with two attached hydrogens (primary N) is 1. The minimum atomic E-state index is -0.430. The van der Waals surface area contributed by atoms with Crippen LogP contribution < -0.4 is 16.4 Å². The summed E-state index contributed by atoms with van der Waals surface area (Å²) in [5.41, 5.74) is 6.80. The molecule has 0 spiro atoms. The van der Waals surface area contributed by atoms with Crippen LogP contribution in [-0.2, 0) is 4.79 Å². The number of carbonyl (C=O) groups is 2. The number of amides is 2. The fourth-order valence-electron chi connectivity index (χ4n) is 1.67. The molecular formula is C15H15N3O3. The van der Waals surface area contributed by atoms with Gasteiger partial charge in [-0.2, -0.15) is 0 Å². The normalized spacial score (nSPS) is 9.90. The molecule has 0 aliphatic heterocycles. The first-order chi connectivity index (χ1) is 10.1. The predicted molar refractivity (Wildman–Crippen MR) is 79.9 cm³/mol. The van der Waals surface area contributed by atoms with Gasteiger partial charge in [-0.3, -0.25) is 9.59 Å². The van der Waals surface area contributed by atoms with Crippen LogP contribution in [-0.4, -0.2) is 23.5 Å². The number of para-hydroxylation sites is 2. The van der Waals surface area contributed by atoms with Crippen molar-refractivity contribution < 1.29 is 14.7 Å². The average Bonchev–Trinajstić information content (AvgIpc) is 2.48. The number of anilines is 2. The van der Waals surface area contributed by atoms with E-state index in [1.807, 2.05) is 0 Å². The predicted octanol–water partition coefficient (Wildman–Crippen LogP) is 1.34. The van der Waals surface area contributed by atoms with Gasteiger partial charge in [0.15, 0.2) is 0 Å². The lowest BCUT2D eigenvalue weighted by Crippen LogP contribution is -2.32. The molecule has 5 N–H and O–H groups in total. The molecule has 108 valence electrons. The van der Waals surface area contributed by atoms with Crippen molar-refractivity contribution in [1.82, 2.24) is 5.32 Å². The zero-order chi connectivity index (χ0) is 15.2. The maximum Gasteiger partial charge on any atom is 0.251 e. The van der Waals surface area contributed by atoms with E-state index in [-0.39, 0.29) is 18.2 Å². The summed E-state index contributed by atoms with van der Waals surface area (Å²) in [6.07, 6.45) is 0. The molecule has 6 heteroatoms. The number of carbonyl (C=O) groups excluding carboxylic acids is 2. The van der Waals surface area contributed by atoms with Crippen LogP contribution >= 0.6 is 0 Å². The summed E-state index contributed by atoms with van der Waals surface area (Å²) in [6.45, 7) is -0.197. The molecule has 0 aromatic heterocycles. The average molecular weight is 285 g/mol. The molecule has 0 heterocycles. The summed E-state index contributed by atoms with van der Waals surface area (Å²) in [5.74, 6) is -0.835. The highest BCUT2D eigenvalue weighted by molar-refractivity contribution is 5.99. The van der Waals surface area contributed by atoms with Crippen LogP contribution in [0, 0.1) is 0 Å². The zero-order valence-electron chi connectivity index (χ0n) is 11.2. The lowest BCUT2D eigenvalue weighted by molar-refractivity contribution is -0.115. The number of phenolic OH excluding ortho intramolecular Hbond substituents is 1. The zero-order valence-corrected chi connectivity index (χ0v) is 11.2. The number of hydrogen-bond donors (Lipinski definition) is 4. The van der Waals surface area contributed by atoms with Gasteiger partial charge in [-0.1, -0.05) is 12.1 Å². The van der Waals surface area contributed by atoms with Crippen molar-refractivity contribution in [3.05, 3.63) is 54.1 Å². The van der Waals surface area contributed by atoms with Gasteiger partial charge in [0.05, 0.1) is 12.2 Å². The van der Waals surface area contributed by atoms with E-state index in [9.17, 15) is 14.7 Å². The Morgan fingerprint density at radius 3 is 2.38 bits per heavy atom. The molecule has 0 atom stereocenters. The van der Waals surface area contributed by atoms with Crippen LogP contribution in [0.3, 0.4) is 0 Å². The van der Waals surface area contributed by atoms with Crippen molar-refractivity contribution in [3.63, 3.8) is 0 Å². The maximum absolute atomic E-state index is 11.8. The summed E-state index contributed by atoms with van der Waals surface area (Å²) in [6, 6.07) is 12.7. The van der Waals surface area contributed by atoms with Crippen molar-refractivity contribution in [2.45, 2.75) is 0 Å². The minimum Gasteiger partial charge on any atom is -0.506 e. The van der Waals surface area contributed by atoms with Crippen molar-refractivity contribution in [2.75, 3.05) is 17.6 Å². The molecule has 0 fully saturated rings. The number of nitrogen functional groups attached to an aromatic ring is 1. The molecule has 0 bridgehead atoms. The first-order valence-electron chi connectivity index (χ1n) is 6.28. The van der Waals surface area contributed by atoms with E-state index < -0.39 is 5.91 Å². The van der Waals surface area contributed by atoms with Crippen LogP contribution in [0.2, 0.25) is 0 Å². The number of benzene rings is 2. The Morgan fingerprint density at radius 2 is 1.71 bits per heavy atom. The number of aromatic hydroxyl groups is 1. The Kier molecular flexibility index (Phi) is 4.40. The largest absolute Gasteiger partial charge is 0.506 e. The van der Waals surface area contributed by atoms with Gasteiger partial charge in [0.25, 0.3) is 5.91 Å².